The molecule has 0 amide bonds. The van der Waals surface area contributed by atoms with Gasteiger partial charge in [0.05, 0.1) is 20.1 Å². The molecule has 7 nitrogen and oxygen atoms in total. The van der Waals surface area contributed by atoms with Crippen LogP contribution in [0, 0.1) is 12.8 Å². The molecule has 0 aliphatic carbocycles. The first-order valence-electron chi connectivity index (χ1n) is 12.0. The third-order valence-corrected chi connectivity index (χ3v) is 7.02. The molecule has 1 fully saturated rings. The molecular formula is C27H33N3O4. The van der Waals surface area contributed by atoms with Gasteiger partial charge in [-0.3, -0.25) is 9.80 Å². The van der Waals surface area contributed by atoms with Gasteiger partial charge in [0, 0.05) is 50.9 Å². The van der Waals surface area contributed by atoms with Crippen LogP contribution in [0.15, 0.2) is 47.6 Å². The van der Waals surface area contributed by atoms with E-state index in [9.17, 15) is 0 Å². The minimum Gasteiger partial charge on any atom is -0.493 e. The van der Waals surface area contributed by atoms with Crippen LogP contribution in [0.5, 0.6) is 17.2 Å². The lowest BCUT2D eigenvalue weighted by atomic mass is 9.90. The van der Waals surface area contributed by atoms with Crippen molar-refractivity contribution in [2.24, 2.45) is 11.1 Å². The zero-order valence-electron chi connectivity index (χ0n) is 20.2. The molecule has 2 aromatic rings. The van der Waals surface area contributed by atoms with Crippen molar-refractivity contribution in [2.75, 3.05) is 60.1 Å². The quantitative estimate of drug-likeness (QED) is 0.627. The Morgan fingerprint density at radius 1 is 1.03 bits per heavy atom. The second kappa shape index (κ2) is 10.1. The van der Waals surface area contributed by atoms with Crippen LogP contribution >= 0.6 is 0 Å². The molecule has 0 N–H and O–H groups in total. The lowest BCUT2D eigenvalue weighted by Gasteiger charge is -2.36. The number of fused-ring (bicyclic) bond motifs is 3. The Balaban J connectivity index is 1.14. The summed E-state index contributed by atoms with van der Waals surface area (Å²) in [6, 6.07) is 12.3. The second-order valence-corrected chi connectivity index (χ2v) is 9.10. The van der Waals surface area contributed by atoms with Crippen molar-refractivity contribution >= 4 is 11.8 Å². The number of oxime groups is 1. The summed E-state index contributed by atoms with van der Waals surface area (Å²) in [5, 5.41) is 4.46. The van der Waals surface area contributed by atoms with E-state index in [1.54, 1.807) is 14.2 Å². The minimum atomic E-state index is 0.00347. The fourth-order valence-electron chi connectivity index (χ4n) is 4.91. The Morgan fingerprint density at radius 2 is 1.76 bits per heavy atom. The first-order chi connectivity index (χ1) is 16.7. The molecule has 0 spiro atoms. The van der Waals surface area contributed by atoms with Gasteiger partial charge >= 0.3 is 0 Å². The monoisotopic (exact) mass is 463 g/mol. The highest BCUT2D eigenvalue weighted by Crippen LogP contribution is 2.40. The molecule has 2 aromatic carbocycles. The van der Waals surface area contributed by atoms with E-state index < -0.39 is 0 Å². The highest BCUT2D eigenvalue weighted by atomic mass is 16.6. The van der Waals surface area contributed by atoms with Crippen molar-refractivity contribution in [1.29, 1.82) is 0 Å². The van der Waals surface area contributed by atoms with E-state index in [2.05, 4.69) is 58.3 Å². The number of hydrogen-bond donors (Lipinski definition) is 0. The van der Waals surface area contributed by atoms with E-state index in [1.165, 1.54) is 11.1 Å². The first kappa shape index (κ1) is 22.7. The lowest BCUT2D eigenvalue weighted by molar-refractivity contribution is 0.0103. The predicted octanol–water partition coefficient (Wildman–Crippen LogP) is 3.45. The average molecular weight is 464 g/mol. The smallest absolute Gasteiger partial charge is 0.164 e. The van der Waals surface area contributed by atoms with Crippen molar-refractivity contribution in [3.05, 3.63) is 59.2 Å². The molecule has 3 aliphatic rings. The minimum absolute atomic E-state index is 0.00347. The van der Waals surface area contributed by atoms with E-state index in [0.29, 0.717) is 18.1 Å². The largest absolute Gasteiger partial charge is 0.493 e. The number of benzene rings is 2. The molecule has 34 heavy (non-hydrogen) atoms. The molecule has 2 unspecified atom stereocenters. The van der Waals surface area contributed by atoms with Gasteiger partial charge in [0.25, 0.3) is 0 Å². The number of methoxy groups -OCH3 is 2. The van der Waals surface area contributed by atoms with Crippen LogP contribution in [-0.2, 0) is 4.84 Å². The molecule has 0 radical (unpaired) electrons. The van der Waals surface area contributed by atoms with E-state index in [1.807, 2.05) is 12.1 Å². The molecular weight excluding hydrogens is 430 g/mol. The van der Waals surface area contributed by atoms with E-state index in [4.69, 9.17) is 19.0 Å². The van der Waals surface area contributed by atoms with Crippen LogP contribution in [0.3, 0.4) is 0 Å². The van der Waals surface area contributed by atoms with Gasteiger partial charge in [0.1, 0.15) is 18.1 Å². The highest BCUT2D eigenvalue weighted by molar-refractivity contribution is 6.06. The number of rotatable bonds is 7. The Labute approximate surface area is 201 Å². The maximum Gasteiger partial charge on any atom is 0.164 e. The molecule has 0 saturated carbocycles. The van der Waals surface area contributed by atoms with Crippen LogP contribution in [0.1, 0.15) is 16.7 Å². The summed E-state index contributed by atoms with van der Waals surface area (Å²) in [4.78, 5) is 10.9. The summed E-state index contributed by atoms with van der Waals surface area (Å²) < 4.78 is 17.0. The fraction of sp³-hybridized carbons (Fsp3) is 0.444. The highest BCUT2D eigenvalue weighted by Gasteiger charge is 2.41. The van der Waals surface area contributed by atoms with Crippen molar-refractivity contribution in [1.82, 2.24) is 9.80 Å². The summed E-state index contributed by atoms with van der Waals surface area (Å²) in [6.45, 7) is 8.73. The Hall–Kier alpha value is -3.03. The van der Waals surface area contributed by atoms with Crippen molar-refractivity contribution in [3.8, 4) is 17.2 Å². The lowest BCUT2D eigenvalue weighted by Crippen LogP contribution is -2.50. The second-order valence-electron chi connectivity index (χ2n) is 9.10. The number of hydrogen-bond acceptors (Lipinski definition) is 7. The van der Waals surface area contributed by atoms with Gasteiger partial charge in [0.2, 0.25) is 0 Å². The van der Waals surface area contributed by atoms with Crippen molar-refractivity contribution in [2.45, 2.75) is 13.0 Å². The number of piperazine rings is 1. The first-order valence-corrected chi connectivity index (χ1v) is 12.0. The molecule has 0 bridgehead atoms. The third-order valence-electron chi connectivity index (χ3n) is 7.02. The summed E-state index contributed by atoms with van der Waals surface area (Å²) in [7, 11) is 3.27. The topological polar surface area (TPSA) is 55.8 Å². The summed E-state index contributed by atoms with van der Waals surface area (Å²) in [6.07, 6.45) is 4.51. The molecule has 7 heteroatoms. The average Bonchev–Trinajstić information content (AvgIpc) is 3.28. The Morgan fingerprint density at radius 3 is 2.53 bits per heavy atom. The van der Waals surface area contributed by atoms with Crippen LogP contribution in [0.2, 0.25) is 0 Å². The van der Waals surface area contributed by atoms with Crippen LogP contribution in [0.4, 0.5) is 0 Å². The van der Waals surface area contributed by atoms with Crippen LogP contribution < -0.4 is 14.2 Å². The molecule has 180 valence electrons. The normalized spacial score (nSPS) is 22.5. The molecule has 3 heterocycles. The molecule has 1 saturated heterocycles. The number of nitrogens with zero attached hydrogens (tertiary/aromatic N) is 3. The van der Waals surface area contributed by atoms with Gasteiger partial charge in [-0.05, 0) is 24.1 Å². The van der Waals surface area contributed by atoms with Crippen molar-refractivity contribution in [3.63, 3.8) is 0 Å². The van der Waals surface area contributed by atoms with Gasteiger partial charge in [-0.2, -0.15) is 0 Å². The van der Waals surface area contributed by atoms with Gasteiger partial charge in [-0.1, -0.05) is 41.6 Å². The van der Waals surface area contributed by atoms with Gasteiger partial charge in [0.15, 0.2) is 17.6 Å². The summed E-state index contributed by atoms with van der Waals surface area (Å²) >= 11 is 0. The molecule has 5 rings (SSSR count). The Bertz CT molecular complexity index is 1080. The van der Waals surface area contributed by atoms with E-state index >= 15 is 0 Å². The zero-order chi connectivity index (χ0) is 23.5. The third kappa shape index (κ3) is 4.63. The van der Waals surface area contributed by atoms with Gasteiger partial charge in [-0.15, -0.1) is 0 Å². The maximum atomic E-state index is 6.07. The van der Waals surface area contributed by atoms with Crippen LogP contribution in [-0.4, -0.2) is 81.7 Å². The van der Waals surface area contributed by atoms with Crippen LogP contribution in [0.25, 0.3) is 6.08 Å². The van der Waals surface area contributed by atoms with Gasteiger partial charge < -0.3 is 19.0 Å². The predicted molar refractivity (Wildman–Crippen MR) is 133 cm³/mol. The summed E-state index contributed by atoms with van der Waals surface area (Å²) in [5.74, 6) is 2.22. The molecule has 2 atom stereocenters. The Kier molecular flexibility index (Phi) is 6.74. The molecule has 3 aliphatic heterocycles. The van der Waals surface area contributed by atoms with Gasteiger partial charge in [-0.25, -0.2) is 0 Å². The van der Waals surface area contributed by atoms with E-state index in [-0.39, 0.29) is 12.0 Å². The standard InChI is InChI=1S/C27H33N3O4/c1-19-7-4-5-8-20(19)9-6-10-29-11-13-30(14-12-29)17-26-22-18-33-23-16-25(32-3)24(31-2)15-21(23)27(22)28-34-26/h4-9,15-16,22,26H,10-14,17-18H2,1-3H3/b9-6+. The summed E-state index contributed by atoms with van der Waals surface area (Å²) in [5.41, 5.74) is 4.49. The SMILES string of the molecule is COc1cc2c(cc1OC)C1=NOC(CN3CCN(C/C=C/c4ccccc4C)CC3)C1CO2. The fourth-order valence-corrected chi connectivity index (χ4v) is 4.91. The molecule has 0 aromatic heterocycles. The van der Waals surface area contributed by atoms with E-state index in [0.717, 1.165) is 56.3 Å². The van der Waals surface area contributed by atoms with Crippen molar-refractivity contribution < 1.29 is 19.0 Å². The zero-order valence-corrected chi connectivity index (χ0v) is 20.2. The maximum absolute atomic E-state index is 6.07. The number of ether oxygens (including phenoxy) is 3. The number of aryl methyl sites for hydroxylation is 1.